The Morgan fingerprint density at radius 3 is 2.32 bits per heavy atom. The molecule has 0 amide bonds. The van der Waals surface area contributed by atoms with Crippen molar-refractivity contribution in [1.82, 2.24) is 4.31 Å². The van der Waals surface area contributed by atoms with Crippen molar-refractivity contribution in [1.29, 1.82) is 0 Å². The summed E-state index contributed by atoms with van der Waals surface area (Å²) < 4.78 is 25.1. The molecule has 2 N–H and O–H groups in total. The maximum absolute atomic E-state index is 11.8. The van der Waals surface area contributed by atoms with Crippen LogP contribution in [0.3, 0.4) is 0 Å². The van der Waals surface area contributed by atoms with Crippen LogP contribution in [0, 0.1) is 0 Å². The highest BCUT2D eigenvalue weighted by atomic mass is 32.2. The van der Waals surface area contributed by atoms with Gasteiger partial charge in [-0.1, -0.05) is 23.3 Å². The molecule has 0 radical (unpaired) electrons. The maximum Gasteiger partial charge on any atom is 0.214 e. The van der Waals surface area contributed by atoms with Gasteiger partial charge in [0.1, 0.15) is 0 Å². The molecular formula is C14H28N2O2S. The van der Waals surface area contributed by atoms with E-state index in [1.165, 1.54) is 15.5 Å². The Bertz CT molecular complexity index is 407. The summed E-state index contributed by atoms with van der Waals surface area (Å²) in [6.45, 7) is 9.01. The number of sulfonamides is 1. The SMILES string of the molecule is CCS(=O)(=O)N(C/C=C(\C)CCC=C(C)C)CCN. The summed E-state index contributed by atoms with van der Waals surface area (Å²) in [5, 5.41) is 0. The van der Waals surface area contributed by atoms with Crippen LogP contribution in [0.4, 0.5) is 0 Å². The first-order chi connectivity index (χ1) is 8.83. The minimum Gasteiger partial charge on any atom is -0.329 e. The predicted octanol–water partition coefficient (Wildman–Crippen LogP) is 2.29. The standard InChI is InChI=1S/C14H28N2O2S/c1-5-19(17,18)16(12-10-15)11-9-14(4)8-6-7-13(2)3/h7,9H,5-6,8,10-12,15H2,1-4H3/b14-9+. The number of allylic oxidation sites excluding steroid dienone is 3. The Kier molecular flexibility index (Phi) is 8.97. The van der Waals surface area contributed by atoms with Crippen LogP contribution in [0.15, 0.2) is 23.3 Å². The van der Waals surface area contributed by atoms with Crippen LogP contribution in [0.1, 0.15) is 40.5 Å². The van der Waals surface area contributed by atoms with E-state index in [9.17, 15) is 8.42 Å². The molecule has 0 spiro atoms. The van der Waals surface area contributed by atoms with E-state index in [0.29, 0.717) is 19.6 Å². The number of hydrogen-bond donors (Lipinski definition) is 1. The molecule has 0 aliphatic rings. The lowest BCUT2D eigenvalue weighted by Crippen LogP contribution is -2.36. The van der Waals surface area contributed by atoms with E-state index < -0.39 is 10.0 Å². The fraction of sp³-hybridized carbons (Fsp3) is 0.714. The lowest BCUT2D eigenvalue weighted by molar-refractivity contribution is 0.450. The van der Waals surface area contributed by atoms with Gasteiger partial charge in [-0.15, -0.1) is 0 Å². The van der Waals surface area contributed by atoms with E-state index in [-0.39, 0.29) is 5.75 Å². The second-order valence-electron chi connectivity index (χ2n) is 4.92. The molecule has 19 heavy (non-hydrogen) atoms. The summed E-state index contributed by atoms with van der Waals surface area (Å²) in [6.07, 6.45) is 6.15. The summed E-state index contributed by atoms with van der Waals surface area (Å²) in [6, 6.07) is 0. The van der Waals surface area contributed by atoms with Gasteiger partial charge in [0.25, 0.3) is 0 Å². The van der Waals surface area contributed by atoms with Crippen LogP contribution in [0.2, 0.25) is 0 Å². The molecule has 0 heterocycles. The monoisotopic (exact) mass is 288 g/mol. The van der Waals surface area contributed by atoms with Crippen LogP contribution < -0.4 is 5.73 Å². The maximum atomic E-state index is 11.8. The zero-order valence-corrected chi connectivity index (χ0v) is 13.5. The lowest BCUT2D eigenvalue weighted by atomic mass is 10.1. The van der Waals surface area contributed by atoms with Crippen molar-refractivity contribution >= 4 is 10.0 Å². The summed E-state index contributed by atoms with van der Waals surface area (Å²) in [7, 11) is -3.16. The molecule has 4 nitrogen and oxygen atoms in total. The smallest absolute Gasteiger partial charge is 0.214 e. The average molecular weight is 288 g/mol. The molecule has 0 unspecified atom stereocenters. The molecule has 0 aliphatic carbocycles. The third kappa shape index (κ3) is 8.18. The van der Waals surface area contributed by atoms with E-state index in [1.807, 2.05) is 13.0 Å². The summed E-state index contributed by atoms with van der Waals surface area (Å²) in [4.78, 5) is 0. The van der Waals surface area contributed by atoms with Gasteiger partial charge in [0.15, 0.2) is 0 Å². The quantitative estimate of drug-likeness (QED) is 0.662. The lowest BCUT2D eigenvalue weighted by Gasteiger charge is -2.19. The van der Waals surface area contributed by atoms with E-state index >= 15 is 0 Å². The van der Waals surface area contributed by atoms with Crippen molar-refractivity contribution in [3.8, 4) is 0 Å². The van der Waals surface area contributed by atoms with Crippen molar-refractivity contribution in [2.45, 2.75) is 40.5 Å². The third-order valence-electron chi connectivity index (χ3n) is 2.87. The fourth-order valence-electron chi connectivity index (χ4n) is 1.62. The van der Waals surface area contributed by atoms with Crippen LogP contribution in [-0.4, -0.2) is 38.1 Å². The normalized spacial score (nSPS) is 12.8. The molecule has 112 valence electrons. The van der Waals surface area contributed by atoms with E-state index in [0.717, 1.165) is 12.8 Å². The Morgan fingerprint density at radius 1 is 1.21 bits per heavy atom. The molecule has 0 rings (SSSR count). The van der Waals surface area contributed by atoms with Crippen molar-refractivity contribution in [2.75, 3.05) is 25.4 Å². The minimum absolute atomic E-state index is 0.123. The first-order valence-corrected chi connectivity index (χ1v) is 8.41. The van der Waals surface area contributed by atoms with Gasteiger partial charge in [-0.2, -0.15) is 4.31 Å². The highest BCUT2D eigenvalue weighted by molar-refractivity contribution is 7.89. The topological polar surface area (TPSA) is 63.4 Å². The Balaban J connectivity index is 4.49. The second-order valence-corrected chi connectivity index (χ2v) is 7.18. The molecular weight excluding hydrogens is 260 g/mol. The Labute approximate surface area is 118 Å². The fourth-order valence-corrected chi connectivity index (χ4v) is 2.67. The molecule has 0 aliphatic heterocycles. The largest absolute Gasteiger partial charge is 0.329 e. The molecule has 0 saturated heterocycles. The average Bonchev–Trinajstić information content (AvgIpc) is 2.33. The van der Waals surface area contributed by atoms with Gasteiger partial charge in [0.2, 0.25) is 10.0 Å². The van der Waals surface area contributed by atoms with Gasteiger partial charge < -0.3 is 5.73 Å². The van der Waals surface area contributed by atoms with Gasteiger partial charge in [-0.3, -0.25) is 0 Å². The van der Waals surface area contributed by atoms with Gasteiger partial charge in [-0.25, -0.2) is 8.42 Å². The van der Waals surface area contributed by atoms with Crippen LogP contribution in [0.5, 0.6) is 0 Å². The molecule has 0 bridgehead atoms. The highest BCUT2D eigenvalue weighted by Gasteiger charge is 2.17. The Morgan fingerprint density at radius 2 is 1.84 bits per heavy atom. The van der Waals surface area contributed by atoms with Gasteiger partial charge in [0, 0.05) is 19.6 Å². The molecule has 0 aromatic rings. The van der Waals surface area contributed by atoms with Crippen LogP contribution in [-0.2, 0) is 10.0 Å². The van der Waals surface area contributed by atoms with E-state index in [1.54, 1.807) is 6.92 Å². The van der Waals surface area contributed by atoms with Gasteiger partial charge in [0.05, 0.1) is 5.75 Å². The summed E-state index contributed by atoms with van der Waals surface area (Å²) in [5.41, 5.74) is 7.99. The molecule has 0 atom stereocenters. The summed E-state index contributed by atoms with van der Waals surface area (Å²) in [5.74, 6) is 0.123. The second kappa shape index (κ2) is 9.28. The van der Waals surface area contributed by atoms with Crippen molar-refractivity contribution in [3.05, 3.63) is 23.3 Å². The molecule has 0 fully saturated rings. The highest BCUT2D eigenvalue weighted by Crippen LogP contribution is 2.08. The number of nitrogens with two attached hydrogens (primary N) is 1. The van der Waals surface area contributed by atoms with Gasteiger partial charge >= 0.3 is 0 Å². The minimum atomic E-state index is -3.16. The third-order valence-corrected chi connectivity index (χ3v) is 4.72. The zero-order valence-electron chi connectivity index (χ0n) is 12.6. The molecule has 0 aromatic carbocycles. The van der Waals surface area contributed by atoms with Crippen LogP contribution >= 0.6 is 0 Å². The zero-order chi connectivity index (χ0) is 14.9. The molecule has 0 aromatic heterocycles. The van der Waals surface area contributed by atoms with Crippen molar-refractivity contribution in [2.24, 2.45) is 5.73 Å². The van der Waals surface area contributed by atoms with Crippen molar-refractivity contribution in [3.63, 3.8) is 0 Å². The van der Waals surface area contributed by atoms with Gasteiger partial charge in [-0.05, 0) is 40.5 Å². The van der Waals surface area contributed by atoms with Crippen molar-refractivity contribution < 1.29 is 8.42 Å². The molecule has 5 heteroatoms. The van der Waals surface area contributed by atoms with E-state index in [2.05, 4.69) is 19.9 Å². The predicted molar refractivity (Wildman–Crippen MR) is 82.5 cm³/mol. The number of rotatable bonds is 9. The first-order valence-electron chi connectivity index (χ1n) is 6.80. The number of hydrogen-bond acceptors (Lipinski definition) is 3. The number of nitrogens with zero attached hydrogens (tertiary/aromatic N) is 1. The molecule has 0 saturated carbocycles. The van der Waals surface area contributed by atoms with Crippen LogP contribution in [0.25, 0.3) is 0 Å². The van der Waals surface area contributed by atoms with E-state index in [4.69, 9.17) is 5.73 Å². The first kappa shape index (κ1) is 18.4. The Hall–Kier alpha value is -0.650. The summed E-state index contributed by atoms with van der Waals surface area (Å²) >= 11 is 0.